The van der Waals surface area contributed by atoms with Crippen LogP contribution in [0.4, 0.5) is 11.5 Å². The van der Waals surface area contributed by atoms with E-state index in [1.165, 1.54) is 25.3 Å². The summed E-state index contributed by atoms with van der Waals surface area (Å²) < 4.78 is 0. The molecule has 0 fully saturated rings. The second-order valence-electron chi connectivity index (χ2n) is 2.31. The molecule has 0 aliphatic carbocycles. The number of hydrogen-bond acceptors (Lipinski definition) is 4. The van der Waals surface area contributed by atoms with Crippen LogP contribution in [-0.4, -0.2) is 15.8 Å². The number of nitrogens with zero attached hydrogens (tertiary/aromatic N) is 2. The van der Waals surface area contributed by atoms with Gasteiger partial charge in [0.1, 0.15) is 11.9 Å². The molecule has 68 valence electrons. The molecule has 0 bridgehead atoms. The van der Waals surface area contributed by atoms with E-state index in [-0.39, 0.29) is 17.4 Å². The molecule has 1 aromatic heterocycles. The van der Waals surface area contributed by atoms with Crippen LogP contribution < -0.4 is 5.32 Å². The summed E-state index contributed by atoms with van der Waals surface area (Å²) in [5.41, 5.74) is 0.111. The number of rotatable bonds is 2. The van der Waals surface area contributed by atoms with Crippen molar-refractivity contribution in [2.24, 2.45) is 0 Å². The van der Waals surface area contributed by atoms with Gasteiger partial charge in [0.2, 0.25) is 5.91 Å². The maximum Gasteiger partial charge on any atom is 0.387 e. The molecule has 0 aliphatic rings. The van der Waals surface area contributed by atoms with E-state index in [1.54, 1.807) is 0 Å². The highest BCUT2D eigenvalue weighted by atomic mass is 16.6. The fourth-order valence-corrected chi connectivity index (χ4v) is 0.830. The quantitative estimate of drug-likeness (QED) is 0.543. The number of carbonyl (C=O) groups excluding carboxylic acids is 1. The number of amides is 1. The lowest BCUT2D eigenvalue weighted by atomic mass is 10.4. The van der Waals surface area contributed by atoms with Gasteiger partial charge in [-0.1, -0.05) is 0 Å². The van der Waals surface area contributed by atoms with Crippen LogP contribution in [-0.2, 0) is 4.79 Å². The number of hydrogen-bond donors (Lipinski definition) is 1. The lowest BCUT2D eigenvalue weighted by Crippen LogP contribution is -2.08. The predicted octanol–water partition coefficient (Wildman–Crippen LogP) is 0.948. The lowest BCUT2D eigenvalue weighted by molar-refractivity contribution is -0.388. The van der Waals surface area contributed by atoms with E-state index < -0.39 is 4.92 Å². The summed E-state index contributed by atoms with van der Waals surface area (Å²) in [6.07, 6.45) is 1.30. The molecule has 0 unspecified atom stereocenters. The number of aromatic nitrogens is 1. The summed E-state index contributed by atoms with van der Waals surface area (Å²) in [6, 6.07) is 2.94. The zero-order valence-corrected chi connectivity index (χ0v) is 6.85. The van der Waals surface area contributed by atoms with Crippen molar-refractivity contribution in [1.82, 2.24) is 4.98 Å². The highest BCUT2D eigenvalue weighted by Gasteiger charge is 2.14. The second-order valence-corrected chi connectivity index (χ2v) is 2.31. The second kappa shape index (κ2) is 3.61. The Bertz CT molecular complexity index is 351. The minimum Gasteiger partial charge on any atom is -0.358 e. The van der Waals surface area contributed by atoms with Crippen LogP contribution in [0.1, 0.15) is 6.92 Å². The van der Waals surface area contributed by atoms with Crippen LogP contribution in [0.15, 0.2) is 18.3 Å². The van der Waals surface area contributed by atoms with Gasteiger partial charge in [0.15, 0.2) is 0 Å². The Balaban J connectivity index is 3.04. The maximum atomic E-state index is 10.6. The van der Waals surface area contributed by atoms with Gasteiger partial charge >= 0.3 is 5.82 Å². The largest absolute Gasteiger partial charge is 0.387 e. The SMILES string of the molecule is CC(=O)Nc1cccnc1[N+](=O)[O-]. The van der Waals surface area contributed by atoms with Crippen LogP contribution >= 0.6 is 0 Å². The molecule has 13 heavy (non-hydrogen) atoms. The first-order chi connectivity index (χ1) is 6.11. The van der Waals surface area contributed by atoms with E-state index in [0.29, 0.717) is 0 Å². The highest BCUT2D eigenvalue weighted by Crippen LogP contribution is 2.19. The number of anilines is 1. The van der Waals surface area contributed by atoms with E-state index in [9.17, 15) is 14.9 Å². The smallest absolute Gasteiger partial charge is 0.358 e. The van der Waals surface area contributed by atoms with Crippen molar-refractivity contribution in [3.8, 4) is 0 Å². The molecule has 0 atom stereocenters. The molecule has 0 saturated heterocycles. The Morgan fingerprint density at radius 2 is 2.38 bits per heavy atom. The van der Waals surface area contributed by atoms with Gasteiger partial charge in [-0.3, -0.25) is 4.79 Å². The molecule has 1 heterocycles. The van der Waals surface area contributed by atoms with Gasteiger partial charge in [0, 0.05) is 6.92 Å². The summed E-state index contributed by atoms with van der Waals surface area (Å²) in [5.74, 6) is -0.714. The van der Waals surface area contributed by atoms with Crippen molar-refractivity contribution >= 4 is 17.4 Å². The minimum atomic E-state index is -0.648. The monoisotopic (exact) mass is 181 g/mol. The van der Waals surface area contributed by atoms with Crippen molar-refractivity contribution in [1.29, 1.82) is 0 Å². The van der Waals surface area contributed by atoms with Crippen LogP contribution in [0.2, 0.25) is 0 Å². The summed E-state index contributed by atoms with van der Waals surface area (Å²) >= 11 is 0. The molecule has 0 radical (unpaired) electrons. The van der Waals surface area contributed by atoms with Gasteiger partial charge in [-0.05, 0) is 22.0 Å². The molecule has 6 nitrogen and oxygen atoms in total. The molecule has 0 aromatic carbocycles. The van der Waals surface area contributed by atoms with Crippen molar-refractivity contribution < 1.29 is 9.72 Å². The first-order valence-electron chi connectivity index (χ1n) is 3.48. The number of carbonyl (C=O) groups is 1. The van der Waals surface area contributed by atoms with Crippen LogP contribution in [0.25, 0.3) is 0 Å². The van der Waals surface area contributed by atoms with Gasteiger partial charge in [-0.15, -0.1) is 0 Å². The number of nitro groups is 1. The van der Waals surface area contributed by atoms with Gasteiger partial charge in [0.05, 0.1) is 0 Å². The predicted molar refractivity (Wildman–Crippen MR) is 45.2 cm³/mol. The Morgan fingerprint density at radius 3 is 2.92 bits per heavy atom. The average Bonchev–Trinajstić information content (AvgIpc) is 2.03. The van der Waals surface area contributed by atoms with Gasteiger partial charge in [-0.25, -0.2) is 0 Å². The Morgan fingerprint density at radius 1 is 1.69 bits per heavy atom. The van der Waals surface area contributed by atoms with Crippen LogP contribution in [0, 0.1) is 10.1 Å². The van der Waals surface area contributed by atoms with Crippen molar-refractivity contribution in [3.05, 3.63) is 28.4 Å². The van der Waals surface area contributed by atoms with E-state index in [0.717, 1.165) is 0 Å². The Hall–Kier alpha value is -1.98. The van der Waals surface area contributed by atoms with Crippen molar-refractivity contribution in [2.75, 3.05) is 5.32 Å². The highest BCUT2D eigenvalue weighted by molar-refractivity contribution is 5.90. The third-order valence-corrected chi connectivity index (χ3v) is 1.27. The molecule has 0 spiro atoms. The Kier molecular flexibility index (Phi) is 2.53. The van der Waals surface area contributed by atoms with Gasteiger partial charge < -0.3 is 15.4 Å². The molecule has 1 rings (SSSR count). The normalized spacial score (nSPS) is 9.31. The number of nitrogens with one attached hydrogen (secondary N) is 1. The topological polar surface area (TPSA) is 85.1 Å². The molecular weight excluding hydrogens is 174 g/mol. The average molecular weight is 181 g/mol. The molecule has 0 aliphatic heterocycles. The van der Waals surface area contributed by atoms with Gasteiger partial charge in [0.25, 0.3) is 0 Å². The number of pyridine rings is 1. The molecule has 6 heteroatoms. The lowest BCUT2D eigenvalue weighted by Gasteiger charge is -2.00. The summed E-state index contributed by atoms with van der Waals surface area (Å²) in [4.78, 5) is 23.9. The summed E-state index contributed by atoms with van der Waals surface area (Å²) in [5, 5.41) is 12.7. The van der Waals surface area contributed by atoms with Crippen molar-refractivity contribution in [2.45, 2.75) is 6.92 Å². The third-order valence-electron chi connectivity index (χ3n) is 1.27. The van der Waals surface area contributed by atoms with Gasteiger partial charge in [-0.2, -0.15) is 0 Å². The first-order valence-corrected chi connectivity index (χ1v) is 3.48. The van der Waals surface area contributed by atoms with E-state index in [1.807, 2.05) is 0 Å². The zero-order chi connectivity index (χ0) is 9.84. The molecule has 0 saturated carbocycles. The van der Waals surface area contributed by atoms with E-state index >= 15 is 0 Å². The molecule has 1 aromatic rings. The Labute approximate surface area is 73.7 Å². The van der Waals surface area contributed by atoms with E-state index in [4.69, 9.17) is 0 Å². The zero-order valence-electron chi connectivity index (χ0n) is 6.85. The molecular formula is C7H7N3O3. The third kappa shape index (κ3) is 2.22. The standard InChI is InChI=1S/C7H7N3O3/c1-5(11)9-6-3-2-4-8-7(6)10(12)13/h2-4H,1H3,(H,9,11). The molecule has 1 amide bonds. The summed E-state index contributed by atoms with van der Waals surface area (Å²) in [7, 11) is 0. The fraction of sp³-hybridized carbons (Fsp3) is 0.143. The fourth-order valence-electron chi connectivity index (χ4n) is 0.830. The van der Waals surface area contributed by atoms with E-state index in [2.05, 4.69) is 10.3 Å². The molecule has 1 N–H and O–H groups in total. The first kappa shape index (κ1) is 9.11. The van der Waals surface area contributed by atoms with Crippen LogP contribution in [0.5, 0.6) is 0 Å². The maximum absolute atomic E-state index is 10.6. The van der Waals surface area contributed by atoms with Crippen LogP contribution in [0.3, 0.4) is 0 Å². The minimum absolute atomic E-state index is 0.111. The summed E-state index contributed by atoms with van der Waals surface area (Å²) in [6.45, 7) is 1.27. The van der Waals surface area contributed by atoms with Crippen molar-refractivity contribution in [3.63, 3.8) is 0 Å².